The van der Waals surface area contributed by atoms with Crippen LogP contribution in [-0.4, -0.2) is 38.4 Å². The molecule has 0 saturated heterocycles. The molecule has 1 aliphatic rings. The van der Waals surface area contributed by atoms with E-state index in [1.165, 1.54) is 17.0 Å². The van der Waals surface area contributed by atoms with Crippen LogP contribution in [0.25, 0.3) is 0 Å². The topological polar surface area (TPSA) is 71.5 Å². The van der Waals surface area contributed by atoms with Gasteiger partial charge in [-0.3, -0.25) is 9.88 Å². The maximum absolute atomic E-state index is 13.7. The number of alkyl halides is 3. The second-order valence-corrected chi connectivity index (χ2v) is 10.9. The number of hydrogen-bond donors (Lipinski definition) is 1. The molecule has 164 valence electrons. The number of carbonyl (C=O) groups excluding carboxylic acids is 1. The number of rotatable bonds is 3. The fraction of sp³-hybridized carbons (Fsp3) is 0.684. The number of hydrogen-bond acceptors (Lipinski definition) is 4. The minimum absolute atomic E-state index is 0.278. The summed E-state index contributed by atoms with van der Waals surface area (Å²) in [6, 6.07) is 0.484. The zero-order valence-corrected chi connectivity index (χ0v) is 18.3. The Balaban J connectivity index is 2.36. The first-order valence-corrected chi connectivity index (χ1v) is 10.5. The molecule has 0 spiro atoms. The van der Waals surface area contributed by atoms with Crippen molar-refractivity contribution in [3.8, 4) is 0 Å². The number of pyridine rings is 1. The van der Waals surface area contributed by atoms with Crippen LogP contribution in [0.3, 0.4) is 0 Å². The molecule has 2 atom stereocenters. The summed E-state index contributed by atoms with van der Waals surface area (Å²) < 4.78 is 59.9. The van der Waals surface area contributed by atoms with E-state index in [2.05, 4.69) is 9.71 Å². The lowest BCUT2D eigenvalue weighted by Gasteiger charge is -2.32. The number of nitrogens with one attached hydrogen (secondary N) is 1. The summed E-state index contributed by atoms with van der Waals surface area (Å²) in [4.78, 5) is 18.0. The highest BCUT2D eigenvalue weighted by Gasteiger charge is 2.44. The molecule has 1 aliphatic heterocycles. The average Bonchev–Trinajstić information content (AvgIpc) is 2.54. The quantitative estimate of drug-likeness (QED) is 0.763. The number of aromatic nitrogens is 1. The van der Waals surface area contributed by atoms with Gasteiger partial charge < -0.3 is 4.74 Å². The predicted molar refractivity (Wildman–Crippen MR) is 106 cm³/mol. The fourth-order valence-electron chi connectivity index (χ4n) is 2.71. The molecule has 10 heteroatoms. The molecule has 29 heavy (non-hydrogen) atoms. The summed E-state index contributed by atoms with van der Waals surface area (Å²) >= 11 is 0. The Labute approximate surface area is 171 Å². The third kappa shape index (κ3) is 6.15. The minimum atomic E-state index is -4.68. The van der Waals surface area contributed by atoms with Crippen molar-refractivity contribution in [1.29, 1.82) is 0 Å². The molecule has 0 bridgehead atoms. The SMILES string of the molecule is CC(C)(C)OC(=O)N1CCCc2nc([C@@H](NS(=O)C(C)(C)C)C(F)(F)F)ccc21. The maximum Gasteiger partial charge on any atom is 0.414 e. The zero-order valence-electron chi connectivity index (χ0n) is 17.5. The lowest BCUT2D eigenvalue weighted by atomic mass is 10.1. The first kappa shape index (κ1) is 23.6. The number of amides is 1. The number of anilines is 1. The summed E-state index contributed by atoms with van der Waals surface area (Å²) in [7, 11) is -1.94. The Morgan fingerprint density at radius 1 is 1.21 bits per heavy atom. The third-order valence-corrected chi connectivity index (χ3v) is 5.64. The molecule has 1 aromatic rings. The van der Waals surface area contributed by atoms with Gasteiger partial charge >= 0.3 is 12.3 Å². The number of carbonyl (C=O) groups is 1. The van der Waals surface area contributed by atoms with Crippen LogP contribution in [0, 0.1) is 0 Å². The molecule has 0 saturated carbocycles. The number of ether oxygens (including phenoxy) is 1. The third-order valence-electron chi connectivity index (χ3n) is 4.08. The standard InChI is InChI=1S/C19H28F3N3O3S/c1-17(2,3)28-16(26)25-11-7-8-12-14(25)10-9-13(23-12)15(19(20,21)22)24-29(27)18(4,5)6/h9-10,15,24H,7-8,11H2,1-6H3/t15-,29?/m1/s1. The summed E-state index contributed by atoms with van der Waals surface area (Å²) in [6.07, 6.45) is -4.25. The molecule has 6 nitrogen and oxygen atoms in total. The van der Waals surface area contributed by atoms with Gasteiger partial charge in [-0.25, -0.2) is 13.7 Å². The first-order chi connectivity index (χ1) is 13.1. The van der Waals surface area contributed by atoms with E-state index in [4.69, 9.17) is 4.74 Å². The van der Waals surface area contributed by atoms with Crippen LogP contribution in [0.5, 0.6) is 0 Å². The van der Waals surface area contributed by atoms with Crippen LogP contribution in [0.15, 0.2) is 12.1 Å². The Hall–Kier alpha value is -1.68. The zero-order chi connectivity index (χ0) is 22.2. The van der Waals surface area contributed by atoms with Crippen LogP contribution in [-0.2, 0) is 22.1 Å². The van der Waals surface area contributed by atoms with Crippen molar-refractivity contribution in [2.75, 3.05) is 11.4 Å². The molecule has 2 rings (SSSR count). The summed E-state index contributed by atoms with van der Waals surface area (Å²) in [5, 5.41) is 0. The molecule has 1 aromatic heterocycles. The normalized spacial score (nSPS) is 17.5. The van der Waals surface area contributed by atoms with Gasteiger partial charge in [-0.15, -0.1) is 0 Å². The fourth-order valence-corrected chi connectivity index (χ4v) is 3.53. The van der Waals surface area contributed by atoms with Crippen LogP contribution < -0.4 is 9.62 Å². The summed E-state index contributed by atoms with van der Waals surface area (Å²) in [5.74, 6) is 0. The van der Waals surface area contributed by atoms with Crippen molar-refractivity contribution < 1.29 is 26.9 Å². The van der Waals surface area contributed by atoms with Crippen LogP contribution >= 0.6 is 0 Å². The van der Waals surface area contributed by atoms with Crippen molar-refractivity contribution >= 4 is 22.8 Å². The lowest BCUT2D eigenvalue weighted by molar-refractivity contribution is -0.153. The smallest absolute Gasteiger partial charge is 0.414 e. The Morgan fingerprint density at radius 2 is 1.83 bits per heavy atom. The van der Waals surface area contributed by atoms with Crippen molar-refractivity contribution in [2.45, 2.75) is 77.0 Å². The molecule has 1 N–H and O–H groups in total. The van der Waals surface area contributed by atoms with Crippen molar-refractivity contribution in [3.63, 3.8) is 0 Å². The van der Waals surface area contributed by atoms with E-state index < -0.39 is 39.6 Å². The number of aryl methyl sites for hydroxylation is 1. The second-order valence-electron chi connectivity index (χ2n) is 8.91. The molecule has 0 aromatic carbocycles. The minimum Gasteiger partial charge on any atom is -0.443 e. The van der Waals surface area contributed by atoms with Crippen molar-refractivity contribution in [2.24, 2.45) is 0 Å². The van der Waals surface area contributed by atoms with Crippen LogP contribution in [0.1, 0.15) is 65.4 Å². The van der Waals surface area contributed by atoms with Gasteiger partial charge in [0.15, 0.2) is 6.04 Å². The summed E-state index contributed by atoms with van der Waals surface area (Å²) in [5.41, 5.74) is -0.145. The van der Waals surface area contributed by atoms with Gasteiger partial charge in [-0.2, -0.15) is 13.2 Å². The van der Waals surface area contributed by atoms with Gasteiger partial charge in [-0.1, -0.05) is 0 Å². The molecular formula is C19H28F3N3O3S. The first-order valence-electron chi connectivity index (χ1n) is 9.35. The van der Waals surface area contributed by atoms with Gasteiger partial charge in [0.2, 0.25) is 0 Å². The Morgan fingerprint density at radius 3 is 2.34 bits per heavy atom. The van der Waals surface area contributed by atoms with E-state index in [0.29, 0.717) is 30.8 Å². The second kappa shape index (κ2) is 8.22. The van der Waals surface area contributed by atoms with Gasteiger partial charge in [-0.05, 0) is 66.5 Å². The van der Waals surface area contributed by atoms with E-state index in [1.807, 2.05) is 0 Å². The molecule has 0 aliphatic carbocycles. The molecular weight excluding hydrogens is 407 g/mol. The maximum atomic E-state index is 13.7. The summed E-state index contributed by atoms with van der Waals surface area (Å²) in [6.45, 7) is 10.4. The van der Waals surface area contributed by atoms with E-state index in [-0.39, 0.29) is 5.69 Å². The molecule has 2 heterocycles. The van der Waals surface area contributed by atoms with Crippen molar-refractivity contribution in [1.82, 2.24) is 9.71 Å². The highest BCUT2D eigenvalue weighted by Crippen LogP contribution is 2.35. The Bertz CT molecular complexity index is 786. The van der Waals surface area contributed by atoms with E-state index >= 15 is 0 Å². The number of fused-ring (bicyclic) bond motifs is 1. The molecule has 1 unspecified atom stereocenters. The average molecular weight is 436 g/mol. The number of nitrogens with zero attached hydrogens (tertiary/aromatic N) is 2. The Kier molecular flexibility index (Phi) is 6.69. The van der Waals surface area contributed by atoms with Gasteiger partial charge in [0.1, 0.15) is 5.60 Å². The highest BCUT2D eigenvalue weighted by molar-refractivity contribution is 7.84. The van der Waals surface area contributed by atoms with Crippen molar-refractivity contribution in [3.05, 3.63) is 23.5 Å². The van der Waals surface area contributed by atoms with E-state index in [9.17, 15) is 22.2 Å². The van der Waals surface area contributed by atoms with Gasteiger partial charge in [0, 0.05) is 6.54 Å². The molecule has 0 radical (unpaired) electrons. The van der Waals surface area contributed by atoms with Crippen LogP contribution in [0.4, 0.5) is 23.7 Å². The van der Waals surface area contributed by atoms with Gasteiger partial charge in [0.05, 0.1) is 32.8 Å². The molecule has 0 fully saturated rings. The predicted octanol–water partition coefficient (Wildman–Crippen LogP) is 4.42. The number of halogens is 3. The highest BCUT2D eigenvalue weighted by atomic mass is 32.2. The molecule has 1 amide bonds. The van der Waals surface area contributed by atoms with Gasteiger partial charge in [0.25, 0.3) is 0 Å². The van der Waals surface area contributed by atoms with Crippen LogP contribution in [0.2, 0.25) is 0 Å². The largest absolute Gasteiger partial charge is 0.443 e. The van der Waals surface area contributed by atoms with E-state index in [0.717, 1.165) is 0 Å². The lowest BCUT2D eigenvalue weighted by Crippen LogP contribution is -2.42. The van der Waals surface area contributed by atoms with E-state index in [1.54, 1.807) is 41.5 Å². The monoisotopic (exact) mass is 435 g/mol.